The first-order chi connectivity index (χ1) is 8.74. The van der Waals surface area contributed by atoms with E-state index in [1.54, 1.807) is 18.3 Å². The fourth-order valence-corrected chi connectivity index (χ4v) is 1.99. The van der Waals surface area contributed by atoms with Crippen LogP contribution in [-0.2, 0) is 0 Å². The maximum atomic E-state index is 11.9. The largest absolute Gasteiger partial charge is 1.00 e. The third kappa shape index (κ3) is 3.05. The third-order valence-electron chi connectivity index (χ3n) is 2.86. The summed E-state index contributed by atoms with van der Waals surface area (Å²) in [6, 6.07) is 5.25. The topological polar surface area (TPSA) is 70.7 Å². The lowest BCUT2D eigenvalue weighted by Gasteiger charge is -2.05. The van der Waals surface area contributed by atoms with Crippen LogP contribution in [0.15, 0.2) is 24.4 Å². The van der Waals surface area contributed by atoms with Crippen LogP contribution in [0, 0.1) is 0 Å². The Morgan fingerprint density at radius 1 is 1.42 bits per heavy atom. The first-order valence-electron chi connectivity index (χ1n) is 5.71. The minimum absolute atomic E-state index is 0. The summed E-state index contributed by atoms with van der Waals surface area (Å²) in [7, 11) is 0. The standard InChI is InChI=1S/C12H11ClN4O.ClH/c13-11-8(3-4-9(15-11)7-1-2-7)12(18)16-10-5-6-14-17-10;/h3-7H,1-2H2,(H2,14,16,17,18);1H. The lowest BCUT2D eigenvalue weighted by molar-refractivity contribution is -0.0000114. The third-order valence-corrected chi connectivity index (χ3v) is 3.15. The summed E-state index contributed by atoms with van der Waals surface area (Å²) >= 11 is 6.04. The second kappa shape index (κ2) is 5.59. The van der Waals surface area contributed by atoms with Crippen molar-refractivity contribution in [3.8, 4) is 0 Å². The summed E-state index contributed by atoms with van der Waals surface area (Å²) in [5, 5.41) is 9.31. The maximum absolute atomic E-state index is 11.9. The van der Waals surface area contributed by atoms with Crippen molar-refractivity contribution in [1.82, 2.24) is 15.2 Å². The Labute approximate surface area is 122 Å². The summed E-state index contributed by atoms with van der Waals surface area (Å²) in [6.07, 6.45) is 3.87. The van der Waals surface area contributed by atoms with Crippen LogP contribution in [0.1, 0.15) is 36.2 Å². The van der Waals surface area contributed by atoms with Crippen LogP contribution in [-0.4, -0.2) is 21.1 Å². The van der Waals surface area contributed by atoms with E-state index in [4.69, 9.17) is 11.6 Å². The van der Waals surface area contributed by atoms with Gasteiger partial charge in [-0.1, -0.05) is 11.6 Å². The number of nitrogens with one attached hydrogen (secondary N) is 2. The highest BCUT2D eigenvalue weighted by Gasteiger charge is 2.26. The summed E-state index contributed by atoms with van der Waals surface area (Å²) in [5.41, 5.74) is 1.34. The van der Waals surface area contributed by atoms with E-state index in [0.717, 1.165) is 18.5 Å². The van der Waals surface area contributed by atoms with Gasteiger partial charge in [0.1, 0.15) is 11.0 Å². The van der Waals surface area contributed by atoms with E-state index < -0.39 is 0 Å². The molecule has 0 spiro atoms. The van der Waals surface area contributed by atoms with Gasteiger partial charge in [-0.05, 0) is 25.0 Å². The lowest BCUT2D eigenvalue weighted by atomic mass is 10.2. The second-order valence-corrected chi connectivity index (χ2v) is 4.63. The monoisotopic (exact) mass is 298 g/mol. The molecule has 1 saturated carbocycles. The number of hydrogen-bond acceptors (Lipinski definition) is 3. The Bertz CT molecular complexity index is 587. The SMILES string of the molecule is O=C(Nc1ccn[nH]1)c1ccc(C2CC2)nc1Cl.[Cl-].[H+]. The molecule has 0 aromatic carbocycles. The molecular formula is C12H12Cl2N4O. The van der Waals surface area contributed by atoms with Gasteiger partial charge in [0, 0.05) is 17.7 Å². The predicted octanol–water partition coefficient (Wildman–Crippen LogP) is -0.296. The number of halogens is 2. The molecule has 2 aromatic heterocycles. The van der Waals surface area contributed by atoms with Crippen molar-refractivity contribution in [2.24, 2.45) is 0 Å². The van der Waals surface area contributed by atoms with Crippen LogP contribution >= 0.6 is 11.6 Å². The van der Waals surface area contributed by atoms with Gasteiger partial charge >= 0.3 is 1.43 Å². The highest BCUT2D eigenvalue weighted by molar-refractivity contribution is 6.33. The molecule has 0 radical (unpaired) electrons. The van der Waals surface area contributed by atoms with E-state index in [-0.39, 0.29) is 24.9 Å². The van der Waals surface area contributed by atoms with Gasteiger partial charge in [-0.25, -0.2) is 4.98 Å². The van der Waals surface area contributed by atoms with E-state index in [2.05, 4.69) is 20.5 Å². The molecular weight excluding hydrogens is 287 g/mol. The molecule has 0 saturated heterocycles. The number of pyridine rings is 1. The van der Waals surface area contributed by atoms with E-state index >= 15 is 0 Å². The van der Waals surface area contributed by atoms with E-state index in [0.29, 0.717) is 17.3 Å². The second-order valence-electron chi connectivity index (χ2n) is 4.27. The predicted molar refractivity (Wildman–Crippen MR) is 68.9 cm³/mol. The zero-order valence-corrected chi connectivity index (χ0v) is 11.4. The van der Waals surface area contributed by atoms with Gasteiger partial charge in [-0.15, -0.1) is 0 Å². The number of rotatable bonds is 3. The Hall–Kier alpha value is -1.59. The molecule has 0 unspecified atom stereocenters. The average molecular weight is 299 g/mol. The number of amides is 1. The average Bonchev–Trinajstić information content (AvgIpc) is 3.08. The number of carbonyl (C=O) groups is 1. The Kier molecular flexibility index (Phi) is 4.07. The van der Waals surface area contributed by atoms with Gasteiger partial charge in [0.2, 0.25) is 0 Å². The molecule has 2 heterocycles. The van der Waals surface area contributed by atoms with Crippen molar-refractivity contribution < 1.29 is 18.6 Å². The molecule has 1 fully saturated rings. The Morgan fingerprint density at radius 3 is 2.79 bits per heavy atom. The highest BCUT2D eigenvalue weighted by atomic mass is 35.5. The lowest BCUT2D eigenvalue weighted by Crippen LogP contribution is -3.00. The Balaban J connectivity index is 0.000001000. The van der Waals surface area contributed by atoms with Crippen molar-refractivity contribution in [3.05, 3.63) is 40.8 Å². The van der Waals surface area contributed by atoms with Gasteiger partial charge in [0.05, 0.1) is 11.8 Å². The number of anilines is 1. The molecule has 1 aliphatic carbocycles. The van der Waals surface area contributed by atoms with Crippen LogP contribution in [0.25, 0.3) is 0 Å². The quantitative estimate of drug-likeness (QED) is 0.765. The van der Waals surface area contributed by atoms with Gasteiger partial charge in [-0.3, -0.25) is 9.89 Å². The molecule has 2 aromatic rings. The van der Waals surface area contributed by atoms with Gasteiger partial charge in [0.15, 0.2) is 0 Å². The number of hydrogen-bond donors (Lipinski definition) is 2. The maximum Gasteiger partial charge on any atom is 1.00 e. The first kappa shape index (κ1) is 13.8. The highest BCUT2D eigenvalue weighted by Crippen LogP contribution is 2.39. The van der Waals surface area contributed by atoms with Crippen molar-refractivity contribution >= 4 is 23.3 Å². The van der Waals surface area contributed by atoms with E-state index in [1.165, 1.54) is 0 Å². The molecule has 0 atom stereocenters. The smallest absolute Gasteiger partial charge is 1.00 e. The van der Waals surface area contributed by atoms with Crippen molar-refractivity contribution in [3.63, 3.8) is 0 Å². The van der Waals surface area contributed by atoms with E-state index in [1.807, 2.05) is 6.07 Å². The van der Waals surface area contributed by atoms with Gasteiger partial charge < -0.3 is 17.7 Å². The normalized spacial score (nSPS) is 13.7. The summed E-state index contributed by atoms with van der Waals surface area (Å²) in [6.45, 7) is 0. The van der Waals surface area contributed by atoms with Crippen LogP contribution in [0.2, 0.25) is 5.15 Å². The molecule has 3 rings (SSSR count). The molecule has 0 bridgehead atoms. The first-order valence-corrected chi connectivity index (χ1v) is 6.09. The van der Waals surface area contributed by atoms with Gasteiger partial charge in [-0.2, -0.15) is 5.10 Å². The van der Waals surface area contributed by atoms with E-state index in [9.17, 15) is 4.79 Å². The molecule has 19 heavy (non-hydrogen) atoms. The number of carbonyl (C=O) groups excluding carboxylic acids is 1. The number of H-pyrrole nitrogens is 1. The molecule has 1 aliphatic rings. The summed E-state index contributed by atoms with van der Waals surface area (Å²) < 4.78 is 0. The molecule has 5 nitrogen and oxygen atoms in total. The zero-order chi connectivity index (χ0) is 12.5. The van der Waals surface area contributed by atoms with Crippen molar-refractivity contribution in [1.29, 1.82) is 0 Å². The summed E-state index contributed by atoms with van der Waals surface area (Å²) in [5.74, 6) is 0.758. The fourth-order valence-electron chi connectivity index (χ4n) is 1.74. The summed E-state index contributed by atoms with van der Waals surface area (Å²) in [4.78, 5) is 16.2. The molecule has 100 valence electrons. The number of nitrogens with zero attached hydrogens (tertiary/aromatic N) is 2. The number of aromatic nitrogens is 3. The van der Waals surface area contributed by atoms with Crippen LogP contribution in [0.5, 0.6) is 0 Å². The number of aromatic amines is 1. The van der Waals surface area contributed by atoms with Crippen molar-refractivity contribution in [2.45, 2.75) is 18.8 Å². The fraction of sp³-hybridized carbons (Fsp3) is 0.250. The Morgan fingerprint density at radius 2 is 2.21 bits per heavy atom. The zero-order valence-electron chi connectivity index (χ0n) is 10.9. The minimum atomic E-state index is -0.293. The van der Waals surface area contributed by atoms with Gasteiger partial charge in [0.25, 0.3) is 5.91 Å². The molecule has 0 aliphatic heterocycles. The van der Waals surface area contributed by atoms with Crippen LogP contribution in [0.4, 0.5) is 5.82 Å². The van der Waals surface area contributed by atoms with Crippen LogP contribution in [0.3, 0.4) is 0 Å². The molecule has 1 amide bonds. The minimum Gasteiger partial charge on any atom is -1.00 e. The van der Waals surface area contributed by atoms with Crippen LogP contribution < -0.4 is 17.7 Å². The molecule has 7 heteroatoms. The van der Waals surface area contributed by atoms with Crippen molar-refractivity contribution in [2.75, 3.05) is 5.32 Å². The molecule has 2 N–H and O–H groups in total.